The first-order valence-corrected chi connectivity index (χ1v) is 7.42. The number of halogens is 1. The number of carbonyl (C=O) groups excluding carboxylic acids is 1. The molecule has 0 spiro atoms. The standard InChI is InChI=1S/C16H23FN2O2/c1-12(18)5-6-15(20)19-16(7-9-21-10-8-16)13-3-2-4-14(17)11-13/h2-4,11-12H,5-10,18H2,1H3,(H,19,20). The first-order chi connectivity index (χ1) is 10.0. The number of benzene rings is 1. The first kappa shape index (κ1) is 15.9. The normalized spacial score (nSPS) is 19.0. The number of hydrogen-bond acceptors (Lipinski definition) is 3. The molecule has 1 atom stereocenters. The molecule has 0 saturated carbocycles. The summed E-state index contributed by atoms with van der Waals surface area (Å²) < 4.78 is 18.9. The number of rotatable bonds is 5. The lowest BCUT2D eigenvalue weighted by molar-refractivity contribution is -0.124. The summed E-state index contributed by atoms with van der Waals surface area (Å²) in [5.74, 6) is -0.332. The molecule has 1 unspecified atom stereocenters. The summed E-state index contributed by atoms with van der Waals surface area (Å²) in [5.41, 5.74) is 5.96. The van der Waals surface area contributed by atoms with Gasteiger partial charge in [-0.05, 0) is 43.9 Å². The van der Waals surface area contributed by atoms with Gasteiger partial charge in [-0.2, -0.15) is 0 Å². The highest BCUT2D eigenvalue weighted by Crippen LogP contribution is 2.32. The van der Waals surface area contributed by atoms with E-state index in [2.05, 4.69) is 5.32 Å². The molecule has 0 radical (unpaired) electrons. The van der Waals surface area contributed by atoms with E-state index in [1.807, 2.05) is 13.0 Å². The molecule has 1 fully saturated rings. The van der Waals surface area contributed by atoms with Crippen LogP contribution in [0.3, 0.4) is 0 Å². The van der Waals surface area contributed by atoms with E-state index in [9.17, 15) is 9.18 Å². The highest BCUT2D eigenvalue weighted by molar-refractivity contribution is 5.77. The maximum absolute atomic E-state index is 13.5. The molecule has 116 valence electrons. The lowest BCUT2D eigenvalue weighted by Crippen LogP contribution is -2.49. The Morgan fingerprint density at radius 3 is 2.81 bits per heavy atom. The van der Waals surface area contributed by atoms with Gasteiger partial charge in [0.2, 0.25) is 5.91 Å². The fraction of sp³-hybridized carbons (Fsp3) is 0.562. The highest BCUT2D eigenvalue weighted by Gasteiger charge is 2.36. The number of hydrogen-bond donors (Lipinski definition) is 2. The molecule has 1 amide bonds. The van der Waals surface area contributed by atoms with Crippen LogP contribution in [0.15, 0.2) is 24.3 Å². The fourth-order valence-electron chi connectivity index (χ4n) is 2.68. The highest BCUT2D eigenvalue weighted by atomic mass is 19.1. The summed E-state index contributed by atoms with van der Waals surface area (Å²) >= 11 is 0. The molecular formula is C16H23FN2O2. The third-order valence-electron chi connectivity index (χ3n) is 3.93. The maximum atomic E-state index is 13.5. The van der Waals surface area contributed by atoms with E-state index in [0.717, 1.165) is 5.56 Å². The lowest BCUT2D eigenvalue weighted by atomic mass is 9.82. The zero-order valence-corrected chi connectivity index (χ0v) is 12.4. The van der Waals surface area contributed by atoms with Crippen molar-refractivity contribution in [3.8, 4) is 0 Å². The molecule has 4 nitrogen and oxygen atoms in total. The van der Waals surface area contributed by atoms with E-state index in [4.69, 9.17) is 10.5 Å². The molecule has 1 aliphatic heterocycles. The van der Waals surface area contributed by atoms with E-state index < -0.39 is 5.54 Å². The van der Waals surface area contributed by atoms with Crippen LogP contribution in [-0.2, 0) is 15.1 Å². The Morgan fingerprint density at radius 1 is 1.48 bits per heavy atom. The van der Waals surface area contributed by atoms with Crippen molar-refractivity contribution >= 4 is 5.91 Å². The molecule has 5 heteroatoms. The third kappa shape index (κ3) is 4.25. The van der Waals surface area contributed by atoms with Crippen molar-refractivity contribution in [2.75, 3.05) is 13.2 Å². The predicted molar refractivity (Wildman–Crippen MR) is 79.2 cm³/mol. The van der Waals surface area contributed by atoms with Gasteiger partial charge in [0.1, 0.15) is 5.82 Å². The Hall–Kier alpha value is -1.46. The van der Waals surface area contributed by atoms with Gasteiger partial charge in [0.25, 0.3) is 0 Å². The largest absolute Gasteiger partial charge is 0.381 e. The molecule has 21 heavy (non-hydrogen) atoms. The molecule has 2 rings (SSSR count). The topological polar surface area (TPSA) is 64.4 Å². The van der Waals surface area contributed by atoms with Crippen molar-refractivity contribution in [1.82, 2.24) is 5.32 Å². The molecule has 1 aliphatic rings. The second-order valence-electron chi connectivity index (χ2n) is 5.77. The minimum Gasteiger partial charge on any atom is -0.381 e. The minimum atomic E-state index is -0.532. The second-order valence-corrected chi connectivity index (χ2v) is 5.77. The quantitative estimate of drug-likeness (QED) is 0.874. The molecule has 0 bridgehead atoms. The number of carbonyl (C=O) groups is 1. The first-order valence-electron chi connectivity index (χ1n) is 7.42. The second kappa shape index (κ2) is 7.00. The Kier molecular flexibility index (Phi) is 5.31. The number of ether oxygens (including phenoxy) is 1. The smallest absolute Gasteiger partial charge is 0.220 e. The number of nitrogens with one attached hydrogen (secondary N) is 1. The number of nitrogens with two attached hydrogens (primary N) is 1. The van der Waals surface area contributed by atoms with Gasteiger partial charge in [0, 0.05) is 25.7 Å². The van der Waals surface area contributed by atoms with Crippen molar-refractivity contribution in [2.24, 2.45) is 5.73 Å². The average molecular weight is 294 g/mol. The summed E-state index contributed by atoms with van der Waals surface area (Å²) in [6.45, 7) is 3.00. The van der Waals surface area contributed by atoms with Gasteiger partial charge in [-0.25, -0.2) is 4.39 Å². The summed E-state index contributed by atoms with van der Waals surface area (Å²) in [6.07, 6.45) is 2.33. The van der Waals surface area contributed by atoms with Crippen molar-refractivity contribution in [3.63, 3.8) is 0 Å². The molecule has 3 N–H and O–H groups in total. The van der Waals surface area contributed by atoms with Crippen molar-refractivity contribution in [3.05, 3.63) is 35.6 Å². The predicted octanol–water partition coefficient (Wildman–Crippen LogP) is 2.08. The van der Waals surface area contributed by atoms with Gasteiger partial charge in [-0.1, -0.05) is 12.1 Å². The molecule has 0 aromatic heterocycles. The molecule has 0 aliphatic carbocycles. The van der Waals surface area contributed by atoms with E-state index in [1.165, 1.54) is 12.1 Å². The van der Waals surface area contributed by atoms with Crippen LogP contribution in [0, 0.1) is 5.82 Å². The zero-order chi connectivity index (χ0) is 15.3. The summed E-state index contributed by atoms with van der Waals surface area (Å²) in [4.78, 5) is 12.2. The Bertz CT molecular complexity index is 485. The maximum Gasteiger partial charge on any atom is 0.220 e. The van der Waals surface area contributed by atoms with Crippen LogP contribution in [-0.4, -0.2) is 25.2 Å². The van der Waals surface area contributed by atoms with Gasteiger partial charge in [-0.15, -0.1) is 0 Å². The Balaban J connectivity index is 2.15. The lowest BCUT2D eigenvalue weighted by Gasteiger charge is -2.38. The van der Waals surface area contributed by atoms with E-state index >= 15 is 0 Å². The fourth-order valence-corrected chi connectivity index (χ4v) is 2.68. The van der Waals surface area contributed by atoms with Crippen LogP contribution in [0.2, 0.25) is 0 Å². The van der Waals surface area contributed by atoms with Gasteiger partial charge in [-0.3, -0.25) is 4.79 Å². The number of amides is 1. The zero-order valence-electron chi connectivity index (χ0n) is 12.4. The van der Waals surface area contributed by atoms with E-state index in [-0.39, 0.29) is 17.8 Å². The van der Waals surface area contributed by atoms with E-state index in [0.29, 0.717) is 38.9 Å². The molecular weight excluding hydrogens is 271 g/mol. The average Bonchev–Trinajstić information content (AvgIpc) is 2.46. The van der Waals surface area contributed by atoms with Crippen LogP contribution in [0.5, 0.6) is 0 Å². The Morgan fingerprint density at radius 2 is 2.19 bits per heavy atom. The van der Waals surface area contributed by atoms with Gasteiger partial charge >= 0.3 is 0 Å². The summed E-state index contributed by atoms with van der Waals surface area (Å²) in [7, 11) is 0. The van der Waals surface area contributed by atoms with Crippen molar-refractivity contribution in [2.45, 2.75) is 44.2 Å². The monoisotopic (exact) mass is 294 g/mol. The minimum absolute atomic E-state index is 0.00411. The van der Waals surface area contributed by atoms with Gasteiger partial charge < -0.3 is 15.8 Å². The van der Waals surface area contributed by atoms with Crippen LogP contribution >= 0.6 is 0 Å². The van der Waals surface area contributed by atoms with Crippen molar-refractivity contribution in [1.29, 1.82) is 0 Å². The van der Waals surface area contributed by atoms with Crippen LogP contribution < -0.4 is 11.1 Å². The molecule has 1 saturated heterocycles. The van der Waals surface area contributed by atoms with Gasteiger partial charge in [0.15, 0.2) is 0 Å². The van der Waals surface area contributed by atoms with Crippen LogP contribution in [0.1, 0.15) is 38.2 Å². The molecule has 1 aromatic carbocycles. The van der Waals surface area contributed by atoms with E-state index in [1.54, 1.807) is 6.07 Å². The van der Waals surface area contributed by atoms with Crippen LogP contribution in [0.4, 0.5) is 4.39 Å². The Labute approximate surface area is 124 Å². The SMILES string of the molecule is CC(N)CCC(=O)NC1(c2cccc(F)c2)CCOCC1. The summed E-state index contributed by atoms with van der Waals surface area (Å²) in [5, 5.41) is 3.09. The molecule has 1 heterocycles. The molecule has 1 aromatic rings. The van der Waals surface area contributed by atoms with Crippen LogP contribution in [0.25, 0.3) is 0 Å². The summed E-state index contributed by atoms with van der Waals surface area (Å²) in [6, 6.07) is 6.44. The van der Waals surface area contributed by atoms with Crippen molar-refractivity contribution < 1.29 is 13.9 Å². The van der Waals surface area contributed by atoms with Gasteiger partial charge in [0.05, 0.1) is 5.54 Å². The third-order valence-corrected chi connectivity index (χ3v) is 3.93.